The van der Waals surface area contributed by atoms with Crippen LogP contribution < -0.4 is 5.32 Å². The molecule has 1 aromatic carbocycles. The Kier molecular flexibility index (Phi) is 8.67. The summed E-state index contributed by atoms with van der Waals surface area (Å²) in [6.07, 6.45) is 5.91. The average molecular weight is 429 g/mol. The fraction of sp³-hybridized carbons (Fsp3) is 0.692. The molecular formula is C26H40N2O3. The van der Waals surface area contributed by atoms with Crippen LogP contribution in [0.1, 0.15) is 99.5 Å². The van der Waals surface area contributed by atoms with E-state index < -0.39 is 6.04 Å². The van der Waals surface area contributed by atoms with Crippen molar-refractivity contribution >= 4 is 11.7 Å². The molecule has 0 spiro atoms. The molecule has 5 heteroatoms. The molecule has 172 valence electrons. The SMILES string of the molecule is CC(C)c1ccc(C(=O)CC(C(=O)NC2CCCCC2)N2CCOCC2)c(C(C)C)c1. The van der Waals surface area contributed by atoms with E-state index in [0.29, 0.717) is 32.2 Å². The zero-order valence-corrected chi connectivity index (χ0v) is 19.8. The topological polar surface area (TPSA) is 58.6 Å². The molecule has 0 aromatic heterocycles. The van der Waals surface area contributed by atoms with E-state index in [1.165, 1.54) is 24.8 Å². The highest BCUT2D eigenvalue weighted by Gasteiger charge is 2.32. The lowest BCUT2D eigenvalue weighted by molar-refractivity contribution is -0.129. The van der Waals surface area contributed by atoms with Crippen molar-refractivity contribution in [2.45, 2.75) is 90.1 Å². The summed E-state index contributed by atoms with van der Waals surface area (Å²) in [5, 5.41) is 3.26. The first-order chi connectivity index (χ1) is 14.9. The number of benzene rings is 1. The van der Waals surface area contributed by atoms with E-state index in [-0.39, 0.29) is 30.1 Å². The second-order valence-electron chi connectivity index (χ2n) is 9.79. The highest BCUT2D eigenvalue weighted by Crippen LogP contribution is 2.27. The minimum Gasteiger partial charge on any atom is -0.379 e. The molecule has 1 heterocycles. The maximum absolute atomic E-state index is 13.5. The van der Waals surface area contributed by atoms with Crippen molar-refractivity contribution in [3.05, 3.63) is 34.9 Å². The standard InChI is InChI=1S/C26H40N2O3/c1-18(2)20-10-11-22(23(16-20)19(3)4)25(29)17-24(28-12-14-31-15-13-28)26(30)27-21-8-6-5-7-9-21/h10-11,16,18-19,21,24H,5-9,12-15,17H2,1-4H3,(H,27,30). The Morgan fingerprint density at radius 2 is 1.71 bits per heavy atom. The van der Waals surface area contributed by atoms with Crippen LogP contribution in [0.15, 0.2) is 18.2 Å². The number of amides is 1. The van der Waals surface area contributed by atoms with Crippen LogP contribution in [0.2, 0.25) is 0 Å². The third-order valence-corrected chi connectivity index (χ3v) is 6.78. The van der Waals surface area contributed by atoms with Gasteiger partial charge in [0.1, 0.15) is 0 Å². The minimum atomic E-state index is -0.428. The normalized spacial score (nSPS) is 19.5. The van der Waals surface area contributed by atoms with Gasteiger partial charge >= 0.3 is 0 Å². The summed E-state index contributed by atoms with van der Waals surface area (Å²) in [5.41, 5.74) is 3.10. The monoisotopic (exact) mass is 428 g/mol. The predicted octanol–water partition coefficient (Wildman–Crippen LogP) is 4.66. The van der Waals surface area contributed by atoms with Gasteiger partial charge < -0.3 is 10.1 Å². The molecule has 1 aliphatic heterocycles. The first-order valence-corrected chi connectivity index (χ1v) is 12.2. The van der Waals surface area contributed by atoms with Gasteiger partial charge in [0.2, 0.25) is 5.91 Å². The number of hydrogen-bond acceptors (Lipinski definition) is 4. The number of morpholine rings is 1. The number of ketones is 1. The van der Waals surface area contributed by atoms with Gasteiger partial charge in [-0.15, -0.1) is 0 Å². The molecule has 1 saturated heterocycles. The van der Waals surface area contributed by atoms with E-state index >= 15 is 0 Å². The van der Waals surface area contributed by atoms with Gasteiger partial charge in [-0.2, -0.15) is 0 Å². The second kappa shape index (κ2) is 11.2. The number of nitrogens with one attached hydrogen (secondary N) is 1. The Bertz CT molecular complexity index is 747. The lowest BCUT2D eigenvalue weighted by Crippen LogP contribution is -2.54. The van der Waals surface area contributed by atoms with Gasteiger partial charge in [-0.3, -0.25) is 14.5 Å². The number of carbonyl (C=O) groups excluding carboxylic acids is 2. The molecule has 2 aliphatic rings. The van der Waals surface area contributed by atoms with Crippen LogP contribution >= 0.6 is 0 Å². The van der Waals surface area contributed by atoms with E-state index in [1.807, 2.05) is 6.07 Å². The zero-order valence-electron chi connectivity index (χ0n) is 19.8. The van der Waals surface area contributed by atoms with Crippen LogP contribution in [0.25, 0.3) is 0 Å². The molecule has 5 nitrogen and oxygen atoms in total. The first-order valence-electron chi connectivity index (χ1n) is 12.2. The predicted molar refractivity (Wildman–Crippen MR) is 125 cm³/mol. The van der Waals surface area contributed by atoms with Crippen LogP contribution in [-0.2, 0) is 9.53 Å². The van der Waals surface area contributed by atoms with Crippen molar-refractivity contribution in [1.82, 2.24) is 10.2 Å². The highest BCUT2D eigenvalue weighted by molar-refractivity contribution is 6.01. The molecule has 3 rings (SSSR count). The van der Waals surface area contributed by atoms with Gasteiger partial charge in [0.05, 0.1) is 19.3 Å². The molecule has 1 unspecified atom stereocenters. The van der Waals surface area contributed by atoms with E-state index in [9.17, 15) is 9.59 Å². The summed E-state index contributed by atoms with van der Waals surface area (Å²) >= 11 is 0. The summed E-state index contributed by atoms with van der Waals surface area (Å²) in [6.45, 7) is 11.2. The Morgan fingerprint density at radius 1 is 1.03 bits per heavy atom. The van der Waals surface area contributed by atoms with Crippen molar-refractivity contribution in [2.75, 3.05) is 26.3 Å². The van der Waals surface area contributed by atoms with Crippen molar-refractivity contribution < 1.29 is 14.3 Å². The first kappa shape index (κ1) is 23.9. The summed E-state index contributed by atoms with van der Waals surface area (Å²) < 4.78 is 5.50. The van der Waals surface area contributed by atoms with Gasteiger partial charge in [-0.05, 0) is 35.8 Å². The van der Waals surface area contributed by atoms with Crippen molar-refractivity contribution in [3.63, 3.8) is 0 Å². The largest absolute Gasteiger partial charge is 0.379 e. The van der Waals surface area contributed by atoms with E-state index in [4.69, 9.17) is 4.74 Å². The summed E-state index contributed by atoms with van der Waals surface area (Å²) in [5.74, 6) is 0.751. The van der Waals surface area contributed by atoms with E-state index in [1.54, 1.807) is 0 Å². The number of nitrogens with zero attached hydrogens (tertiary/aromatic N) is 1. The molecular weight excluding hydrogens is 388 g/mol. The molecule has 31 heavy (non-hydrogen) atoms. The molecule has 0 bridgehead atoms. The van der Waals surface area contributed by atoms with Crippen molar-refractivity contribution in [2.24, 2.45) is 0 Å². The van der Waals surface area contributed by atoms with Gasteiger partial charge in [0.15, 0.2) is 5.78 Å². The number of rotatable bonds is 8. The number of Topliss-reactive ketones (excluding diaryl/α,β-unsaturated/α-hetero) is 1. The fourth-order valence-electron chi connectivity index (χ4n) is 4.78. The number of ether oxygens (including phenoxy) is 1. The Balaban J connectivity index is 1.79. The molecule has 0 radical (unpaired) electrons. The van der Waals surface area contributed by atoms with Crippen LogP contribution in [0.3, 0.4) is 0 Å². The summed E-state index contributed by atoms with van der Waals surface area (Å²) in [6, 6.07) is 6.03. The molecule has 1 atom stereocenters. The molecule has 1 saturated carbocycles. The Hall–Kier alpha value is -1.72. The third-order valence-electron chi connectivity index (χ3n) is 6.78. The zero-order chi connectivity index (χ0) is 22.4. The molecule has 1 aromatic rings. The van der Waals surface area contributed by atoms with Crippen molar-refractivity contribution in [1.29, 1.82) is 0 Å². The molecule has 1 aliphatic carbocycles. The quantitative estimate of drug-likeness (QED) is 0.612. The maximum Gasteiger partial charge on any atom is 0.238 e. The lowest BCUT2D eigenvalue weighted by atomic mass is 9.88. The molecule has 1 amide bonds. The third kappa shape index (κ3) is 6.39. The number of hydrogen-bond donors (Lipinski definition) is 1. The summed E-state index contributed by atoms with van der Waals surface area (Å²) in [4.78, 5) is 28.9. The molecule has 2 fully saturated rings. The van der Waals surface area contributed by atoms with Gasteiger partial charge in [-0.25, -0.2) is 0 Å². The maximum atomic E-state index is 13.5. The average Bonchev–Trinajstić information content (AvgIpc) is 2.78. The number of carbonyl (C=O) groups is 2. The minimum absolute atomic E-state index is 0.00653. The Morgan fingerprint density at radius 3 is 2.32 bits per heavy atom. The van der Waals surface area contributed by atoms with Crippen molar-refractivity contribution in [3.8, 4) is 0 Å². The smallest absolute Gasteiger partial charge is 0.238 e. The highest BCUT2D eigenvalue weighted by atomic mass is 16.5. The van der Waals surface area contributed by atoms with Crippen LogP contribution in [0, 0.1) is 0 Å². The van der Waals surface area contributed by atoms with Gasteiger partial charge in [-0.1, -0.05) is 65.2 Å². The fourth-order valence-corrected chi connectivity index (χ4v) is 4.78. The lowest BCUT2D eigenvalue weighted by Gasteiger charge is -2.35. The van der Waals surface area contributed by atoms with E-state index in [2.05, 4.69) is 50.0 Å². The van der Waals surface area contributed by atoms with Crippen LogP contribution in [0.5, 0.6) is 0 Å². The van der Waals surface area contributed by atoms with Gasteiger partial charge in [0.25, 0.3) is 0 Å². The van der Waals surface area contributed by atoms with Crippen LogP contribution in [0.4, 0.5) is 0 Å². The molecule has 1 N–H and O–H groups in total. The Labute approximate surface area is 187 Å². The van der Waals surface area contributed by atoms with E-state index in [0.717, 1.165) is 24.0 Å². The van der Waals surface area contributed by atoms with Crippen LogP contribution in [-0.4, -0.2) is 55.0 Å². The van der Waals surface area contributed by atoms with Gasteiger partial charge in [0, 0.05) is 31.1 Å². The second-order valence-corrected chi connectivity index (χ2v) is 9.79. The summed E-state index contributed by atoms with van der Waals surface area (Å²) in [7, 11) is 0.